The van der Waals surface area contributed by atoms with Gasteiger partial charge in [0.1, 0.15) is 5.69 Å². The van der Waals surface area contributed by atoms with Gasteiger partial charge in [-0.15, -0.1) is 0 Å². The number of nitrogens with zero attached hydrogens (tertiary/aromatic N) is 3. The normalized spacial score (nSPS) is 17.5. The molecule has 1 amide bonds. The quantitative estimate of drug-likeness (QED) is 0.561. The van der Waals surface area contributed by atoms with E-state index in [-0.39, 0.29) is 23.5 Å². The molecule has 0 unspecified atom stereocenters. The monoisotopic (exact) mass is 437 g/mol. The fourth-order valence-corrected chi connectivity index (χ4v) is 5.73. The van der Waals surface area contributed by atoms with Gasteiger partial charge in [0.25, 0.3) is 5.91 Å². The second-order valence-corrected chi connectivity index (χ2v) is 10.2. The standard InChI is InChI=1S/C24H27N3O3S/c1-2-3-15-26(21-14-16-31(29,30)18-21)24(28)23-17-22(19-10-6-4-7-11-19)25-27(23)20-12-8-5-9-13-20/h4-13,17,21H,2-3,14-16,18H2,1H3/t21-/m0/s1. The van der Waals surface area contributed by atoms with Crippen molar-refractivity contribution < 1.29 is 13.2 Å². The van der Waals surface area contributed by atoms with Crippen LogP contribution in [0.25, 0.3) is 16.9 Å². The Bertz CT molecular complexity index is 1140. The number of carbonyl (C=O) groups is 1. The van der Waals surface area contributed by atoms with Crippen molar-refractivity contribution in [3.63, 3.8) is 0 Å². The molecular formula is C24H27N3O3S. The first-order valence-corrected chi connectivity index (χ1v) is 12.5. The first kappa shape index (κ1) is 21.3. The van der Waals surface area contributed by atoms with Crippen molar-refractivity contribution in [1.29, 1.82) is 0 Å². The molecule has 0 bridgehead atoms. The topological polar surface area (TPSA) is 72.3 Å². The first-order valence-electron chi connectivity index (χ1n) is 10.7. The summed E-state index contributed by atoms with van der Waals surface area (Å²) in [6.07, 6.45) is 2.24. The third kappa shape index (κ3) is 4.71. The molecule has 4 rings (SSSR count). The van der Waals surface area contributed by atoms with Crippen LogP contribution in [0.3, 0.4) is 0 Å². The summed E-state index contributed by atoms with van der Waals surface area (Å²) in [6, 6.07) is 20.8. The smallest absolute Gasteiger partial charge is 0.272 e. The van der Waals surface area contributed by atoms with Gasteiger partial charge in [-0.25, -0.2) is 13.1 Å². The van der Waals surface area contributed by atoms with Crippen molar-refractivity contribution in [2.75, 3.05) is 18.1 Å². The molecule has 0 aliphatic carbocycles. The van der Waals surface area contributed by atoms with Crippen LogP contribution in [0, 0.1) is 0 Å². The summed E-state index contributed by atoms with van der Waals surface area (Å²) in [5, 5.41) is 4.74. The van der Waals surface area contributed by atoms with Crippen molar-refractivity contribution in [2.24, 2.45) is 0 Å². The maximum atomic E-state index is 13.8. The Morgan fingerprint density at radius 3 is 2.39 bits per heavy atom. The second kappa shape index (κ2) is 9.06. The molecule has 31 heavy (non-hydrogen) atoms. The summed E-state index contributed by atoms with van der Waals surface area (Å²) in [5.41, 5.74) is 2.88. The lowest BCUT2D eigenvalue weighted by molar-refractivity contribution is 0.0685. The number of amides is 1. The Balaban J connectivity index is 1.76. The van der Waals surface area contributed by atoms with Crippen LogP contribution in [0.15, 0.2) is 66.7 Å². The number of aromatic nitrogens is 2. The predicted octanol–water partition coefficient (Wildman–Crippen LogP) is 3.97. The Kier molecular flexibility index (Phi) is 6.23. The highest BCUT2D eigenvalue weighted by molar-refractivity contribution is 7.91. The Morgan fingerprint density at radius 1 is 1.10 bits per heavy atom. The van der Waals surface area contributed by atoms with E-state index in [0.29, 0.717) is 24.4 Å². The number of benzene rings is 2. The van der Waals surface area contributed by atoms with Crippen molar-refractivity contribution >= 4 is 15.7 Å². The number of para-hydroxylation sites is 1. The molecule has 3 aromatic rings. The second-order valence-electron chi connectivity index (χ2n) is 7.94. The van der Waals surface area contributed by atoms with E-state index >= 15 is 0 Å². The molecule has 1 aromatic heterocycles. The average molecular weight is 438 g/mol. The number of hydrogen-bond acceptors (Lipinski definition) is 4. The van der Waals surface area contributed by atoms with E-state index in [4.69, 9.17) is 5.10 Å². The highest BCUT2D eigenvalue weighted by Gasteiger charge is 2.36. The van der Waals surface area contributed by atoms with E-state index in [1.165, 1.54) is 0 Å². The van der Waals surface area contributed by atoms with Crippen LogP contribution in [0.5, 0.6) is 0 Å². The zero-order chi connectivity index (χ0) is 21.8. The highest BCUT2D eigenvalue weighted by Crippen LogP contribution is 2.25. The van der Waals surface area contributed by atoms with E-state index in [1.54, 1.807) is 9.58 Å². The lowest BCUT2D eigenvalue weighted by Crippen LogP contribution is -2.42. The summed E-state index contributed by atoms with van der Waals surface area (Å²) < 4.78 is 25.9. The zero-order valence-corrected chi connectivity index (χ0v) is 18.5. The number of unbranched alkanes of at least 4 members (excludes halogenated alkanes) is 1. The van der Waals surface area contributed by atoms with Gasteiger partial charge in [0.05, 0.1) is 22.9 Å². The molecule has 6 nitrogen and oxygen atoms in total. The molecule has 0 spiro atoms. The Labute approximate surface area is 183 Å². The molecule has 0 N–H and O–H groups in total. The highest BCUT2D eigenvalue weighted by atomic mass is 32.2. The number of sulfone groups is 1. The van der Waals surface area contributed by atoms with E-state index in [0.717, 1.165) is 24.1 Å². The Hall–Kier alpha value is -2.93. The lowest BCUT2D eigenvalue weighted by Gasteiger charge is -2.28. The van der Waals surface area contributed by atoms with Crippen LogP contribution in [-0.4, -0.2) is 53.1 Å². The van der Waals surface area contributed by atoms with Gasteiger partial charge in [-0.05, 0) is 31.0 Å². The predicted molar refractivity (Wildman–Crippen MR) is 122 cm³/mol. The van der Waals surface area contributed by atoms with E-state index in [2.05, 4.69) is 6.92 Å². The average Bonchev–Trinajstić information content (AvgIpc) is 3.39. The van der Waals surface area contributed by atoms with Gasteiger partial charge in [-0.2, -0.15) is 5.10 Å². The lowest BCUT2D eigenvalue weighted by atomic mass is 10.1. The fourth-order valence-electron chi connectivity index (χ4n) is 4.00. The molecule has 1 saturated heterocycles. The van der Waals surface area contributed by atoms with Crippen LogP contribution in [0.4, 0.5) is 0 Å². The molecule has 1 aliphatic rings. The van der Waals surface area contributed by atoms with Crippen molar-refractivity contribution in [3.05, 3.63) is 72.4 Å². The molecule has 7 heteroatoms. The fraction of sp³-hybridized carbons (Fsp3) is 0.333. The van der Waals surface area contributed by atoms with Crippen LogP contribution in [0.2, 0.25) is 0 Å². The largest absolute Gasteiger partial charge is 0.333 e. The summed E-state index contributed by atoms with van der Waals surface area (Å²) in [7, 11) is -3.10. The SMILES string of the molecule is CCCCN(C(=O)c1cc(-c2ccccc2)nn1-c1ccccc1)[C@H]1CCS(=O)(=O)C1. The van der Waals surface area contributed by atoms with Gasteiger partial charge in [0.2, 0.25) is 0 Å². The molecule has 162 valence electrons. The minimum absolute atomic E-state index is 0.0352. The maximum Gasteiger partial charge on any atom is 0.272 e. The molecule has 1 fully saturated rings. The van der Waals surface area contributed by atoms with Crippen molar-refractivity contribution in [3.8, 4) is 16.9 Å². The van der Waals surface area contributed by atoms with Gasteiger partial charge in [0, 0.05) is 18.2 Å². The van der Waals surface area contributed by atoms with Crippen LogP contribution < -0.4 is 0 Å². The molecule has 2 aromatic carbocycles. The summed E-state index contributed by atoms with van der Waals surface area (Å²) in [5.74, 6) is 0.00271. The number of hydrogen-bond donors (Lipinski definition) is 0. The first-order chi connectivity index (χ1) is 15.0. The minimum atomic E-state index is -3.10. The third-order valence-corrected chi connectivity index (χ3v) is 7.41. The van der Waals surface area contributed by atoms with Gasteiger partial charge in [-0.3, -0.25) is 4.79 Å². The van der Waals surface area contributed by atoms with Crippen LogP contribution in [-0.2, 0) is 9.84 Å². The molecule has 0 radical (unpaired) electrons. The molecule has 0 saturated carbocycles. The molecule has 1 atom stereocenters. The molecule has 1 aliphatic heterocycles. The van der Waals surface area contributed by atoms with Gasteiger partial charge >= 0.3 is 0 Å². The van der Waals surface area contributed by atoms with Gasteiger partial charge in [-0.1, -0.05) is 61.9 Å². The third-order valence-electron chi connectivity index (χ3n) is 5.66. The Morgan fingerprint density at radius 2 is 1.77 bits per heavy atom. The van der Waals surface area contributed by atoms with Crippen molar-refractivity contribution in [2.45, 2.75) is 32.2 Å². The molecular weight excluding hydrogens is 410 g/mol. The van der Waals surface area contributed by atoms with E-state index in [9.17, 15) is 13.2 Å². The summed E-state index contributed by atoms with van der Waals surface area (Å²) in [4.78, 5) is 15.5. The summed E-state index contributed by atoms with van der Waals surface area (Å²) in [6.45, 7) is 2.60. The number of carbonyl (C=O) groups excluding carboxylic acids is 1. The summed E-state index contributed by atoms with van der Waals surface area (Å²) >= 11 is 0. The minimum Gasteiger partial charge on any atom is -0.333 e. The van der Waals surface area contributed by atoms with Crippen LogP contribution in [0.1, 0.15) is 36.7 Å². The van der Waals surface area contributed by atoms with Crippen LogP contribution >= 0.6 is 0 Å². The van der Waals surface area contributed by atoms with E-state index < -0.39 is 9.84 Å². The molecule has 2 heterocycles. The van der Waals surface area contributed by atoms with Gasteiger partial charge in [0.15, 0.2) is 9.84 Å². The maximum absolute atomic E-state index is 13.8. The van der Waals surface area contributed by atoms with Crippen molar-refractivity contribution in [1.82, 2.24) is 14.7 Å². The zero-order valence-electron chi connectivity index (χ0n) is 17.6. The van der Waals surface area contributed by atoms with E-state index in [1.807, 2.05) is 66.7 Å². The van der Waals surface area contributed by atoms with Gasteiger partial charge < -0.3 is 4.90 Å². The number of rotatable bonds is 7.